The van der Waals surface area contributed by atoms with Gasteiger partial charge in [0, 0.05) is 0 Å². The Labute approximate surface area is 180 Å². The van der Waals surface area contributed by atoms with Gasteiger partial charge < -0.3 is 0 Å². The SMILES string of the molecule is CCCCC=[C](CC#Cc1ccccc1)[Sn]([CH2]CCC)([CH2]CCC)[CH2]CCC. The maximum atomic E-state index is 3.60. The molecular formula is C27H44Sn. The van der Waals surface area contributed by atoms with E-state index < -0.39 is 18.4 Å². The average Bonchev–Trinajstić information content (AvgIpc) is 2.73. The van der Waals surface area contributed by atoms with Gasteiger partial charge in [0.25, 0.3) is 0 Å². The molecule has 0 atom stereocenters. The van der Waals surface area contributed by atoms with Crippen LogP contribution in [0.15, 0.2) is 40.0 Å². The van der Waals surface area contributed by atoms with Gasteiger partial charge in [0.1, 0.15) is 0 Å². The Balaban J connectivity index is 3.14. The fourth-order valence-corrected chi connectivity index (χ4v) is 20.8. The van der Waals surface area contributed by atoms with Gasteiger partial charge in [-0.15, -0.1) is 0 Å². The molecule has 1 rings (SSSR count). The molecular weight excluding hydrogens is 443 g/mol. The van der Waals surface area contributed by atoms with Crippen LogP contribution in [-0.4, -0.2) is 18.4 Å². The van der Waals surface area contributed by atoms with Crippen molar-refractivity contribution in [2.24, 2.45) is 0 Å². The van der Waals surface area contributed by atoms with E-state index in [2.05, 4.69) is 75.9 Å². The second-order valence-electron chi connectivity index (χ2n) is 8.31. The summed E-state index contributed by atoms with van der Waals surface area (Å²) in [6, 6.07) is 10.5. The number of unbranched alkanes of at least 4 members (excludes halogenated alkanes) is 5. The van der Waals surface area contributed by atoms with Gasteiger partial charge in [0.15, 0.2) is 0 Å². The minimum absolute atomic E-state index is 1.03. The van der Waals surface area contributed by atoms with Gasteiger partial charge in [-0.25, -0.2) is 0 Å². The van der Waals surface area contributed by atoms with Gasteiger partial charge in [0.05, 0.1) is 0 Å². The molecule has 0 aliphatic heterocycles. The van der Waals surface area contributed by atoms with Crippen molar-refractivity contribution in [1.29, 1.82) is 0 Å². The number of rotatable bonds is 14. The maximum absolute atomic E-state index is 3.60. The summed E-state index contributed by atoms with van der Waals surface area (Å²) in [5.41, 5.74) is 1.16. The first kappa shape index (κ1) is 25.4. The van der Waals surface area contributed by atoms with Crippen LogP contribution in [0, 0.1) is 11.8 Å². The monoisotopic (exact) mass is 488 g/mol. The van der Waals surface area contributed by atoms with Crippen molar-refractivity contribution in [3.8, 4) is 11.8 Å². The van der Waals surface area contributed by atoms with Crippen LogP contribution >= 0.6 is 0 Å². The minimum atomic E-state index is -2.34. The van der Waals surface area contributed by atoms with Crippen LogP contribution in [0.2, 0.25) is 13.3 Å². The third-order valence-electron chi connectivity index (χ3n) is 5.94. The first-order valence-electron chi connectivity index (χ1n) is 12.0. The quantitative estimate of drug-likeness (QED) is 0.140. The van der Waals surface area contributed by atoms with E-state index in [9.17, 15) is 0 Å². The van der Waals surface area contributed by atoms with Crippen molar-refractivity contribution in [3.63, 3.8) is 0 Å². The molecule has 1 aromatic carbocycles. The molecule has 0 spiro atoms. The van der Waals surface area contributed by atoms with Crippen molar-refractivity contribution in [2.75, 3.05) is 0 Å². The molecule has 0 heterocycles. The van der Waals surface area contributed by atoms with Gasteiger partial charge in [0.2, 0.25) is 0 Å². The summed E-state index contributed by atoms with van der Waals surface area (Å²) in [5.74, 6) is 7.05. The normalized spacial score (nSPS) is 11.9. The fourth-order valence-electron chi connectivity index (χ4n) is 4.12. The van der Waals surface area contributed by atoms with Crippen molar-refractivity contribution < 1.29 is 0 Å². The van der Waals surface area contributed by atoms with Gasteiger partial charge in [-0.1, -0.05) is 0 Å². The Hall–Kier alpha value is -0.681. The van der Waals surface area contributed by atoms with Crippen LogP contribution in [0.5, 0.6) is 0 Å². The third-order valence-corrected chi connectivity index (χ3v) is 22.1. The van der Waals surface area contributed by atoms with Crippen molar-refractivity contribution in [2.45, 2.75) is 105 Å². The van der Waals surface area contributed by atoms with Gasteiger partial charge >= 0.3 is 181 Å². The van der Waals surface area contributed by atoms with Crippen molar-refractivity contribution in [1.82, 2.24) is 0 Å². The molecule has 1 heteroatoms. The van der Waals surface area contributed by atoms with Gasteiger partial charge in [-0.05, 0) is 0 Å². The topological polar surface area (TPSA) is 0 Å². The second kappa shape index (κ2) is 16.2. The third kappa shape index (κ3) is 9.69. The van der Waals surface area contributed by atoms with Crippen LogP contribution in [0.4, 0.5) is 0 Å². The molecule has 1 aromatic rings. The van der Waals surface area contributed by atoms with Crippen LogP contribution in [0.1, 0.15) is 97.5 Å². The first-order valence-corrected chi connectivity index (χ1v) is 19.4. The molecule has 0 nitrogen and oxygen atoms in total. The number of allylic oxidation sites excluding steroid dienone is 2. The fraction of sp³-hybridized carbons (Fsp3) is 0.630. The molecule has 0 aliphatic rings. The zero-order valence-corrected chi connectivity index (χ0v) is 22.0. The van der Waals surface area contributed by atoms with E-state index in [-0.39, 0.29) is 0 Å². The average molecular weight is 487 g/mol. The van der Waals surface area contributed by atoms with E-state index >= 15 is 0 Å². The Morgan fingerprint density at radius 1 is 0.786 bits per heavy atom. The molecule has 0 aliphatic carbocycles. The van der Waals surface area contributed by atoms with Crippen LogP contribution in [0.25, 0.3) is 0 Å². The number of hydrogen-bond donors (Lipinski definition) is 0. The van der Waals surface area contributed by atoms with E-state index in [0.717, 1.165) is 12.0 Å². The second-order valence-corrected chi connectivity index (χ2v) is 21.7. The standard InChI is InChI=1S/C15H17.3C4H9.Sn/c1-2-3-4-5-6-7-9-12-15-13-10-8-11-14-15;3*1-3-4-2;/h5,8,10-11,13-14H,2-4,7H2,1H3;3*1,3-4H2,2H3;. The Kier molecular flexibility index (Phi) is 14.6. The van der Waals surface area contributed by atoms with E-state index in [4.69, 9.17) is 0 Å². The summed E-state index contributed by atoms with van der Waals surface area (Å²) in [5, 5.41) is 0. The van der Waals surface area contributed by atoms with Crippen LogP contribution in [0.3, 0.4) is 0 Å². The molecule has 0 aromatic heterocycles. The van der Waals surface area contributed by atoms with Crippen molar-refractivity contribution >= 4 is 18.4 Å². The summed E-state index contributed by atoms with van der Waals surface area (Å²) < 4.78 is 6.52. The molecule has 0 radical (unpaired) electrons. The van der Waals surface area contributed by atoms with E-state index in [1.165, 1.54) is 57.8 Å². The molecule has 0 N–H and O–H groups in total. The Morgan fingerprint density at radius 2 is 1.32 bits per heavy atom. The zero-order chi connectivity index (χ0) is 20.5. The Bertz CT molecular complexity index is 566. The van der Waals surface area contributed by atoms with E-state index in [1.54, 1.807) is 13.3 Å². The summed E-state index contributed by atoms with van der Waals surface area (Å²) in [7, 11) is 0. The molecule has 0 unspecified atom stereocenters. The summed E-state index contributed by atoms with van der Waals surface area (Å²) >= 11 is -2.34. The summed E-state index contributed by atoms with van der Waals surface area (Å²) in [4.78, 5) is 0. The molecule has 0 fully saturated rings. The summed E-state index contributed by atoms with van der Waals surface area (Å²) in [6.07, 6.45) is 15.9. The molecule has 156 valence electrons. The number of benzene rings is 1. The van der Waals surface area contributed by atoms with E-state index in [0.29, 0.717) is 0 Å². The number of hydrogen-bond acceptors (Lipinski definition) is 0. The van der Waals surface area contributed by atoms with Gasteiger partial charge in [-0.2, -0.15) is 0 Å². The molecule has 0 saturated heterocycles. The van der Waals surface area contributed by atoms with E-state index in [1.807, 2.05) is 3.59 Å². The van der Waals surface area contributed by atoms with Crippen LogP contribution < -0.4 is 0 Å². The Morgan fingerprint density at radius 3 is 1.82 bits per heavy atom. The molecule has 0 saturated carbocycles. The molecule has 0 amide bonds. The molecule has 28 heavy (non-hydrogen) atoms. The first-order chi connectivity index (χ1) is 13.7. The summed E-state index contributed by atoms with van der Waals surface area (Å²) in [6.45, 7) is 9.41. The zero-order valence-electron chi connectivity index (χ0n) is 19.2. The molecule has 0 bridgehead atoms. The predicted molar refractivity (Wildman–Crippen MR) is 130 cm³/mol. The van der Waals surface area contributed by atoms with Crippen LogP contribution in [-0.2, 0) is 0 Å². The van der Waals surface area contributed by atoms with Gasteiger partial charge in [-0.3, -0.25) is 0 Å². The van der Waals surface area contributed by atoms with Crippen molar-refractivity contribution in [3.05, 3.63) is 45.6 Å². The predicted octanol–water partition coefficient (Wildman–Crippen LogP) is 8.93.